The van der Waals surface area contributed by atoms with E-state index in [9.17, 15) is 0 Å². The van der Waals surface area contributed by atoms with Gasteiger partial charge in [-0.15, -0.1) is 11.7 Å². The molecule has 0 fully saturated rings. The van der Waals surface area contributed by atoms with Crippen molar-refractivity contribution in [3.63, 3.8) is 0 Å². The minimum absolute atomic E-state index is 0.651. The fourth-order valence-corrected chi connectivity index (χ4v) is 1.86. The number of hydrogen-bond acceptors (Lipinski definition) is 4. The van der Waals surface area contributed by atoms with E-state index in [0.717, 1.165) is 29.4 Å². The van der Waals surface area contributed by atoms with Crippen LogP contribution in [0.25, 0.3) is 0 Å². The Kier molecular flexibility index (Phi) is 5.91. The molecule has 0 atom stereocenters. The second kappa shape index (κ2) is 6.97. The fraction of sp³-hybridized carbons (Fsp3) is 0.500. The van der Waals surface area contributed by atoms with Crippen molar-refractivity contribution >= 4 is 22.5 Å². The first kappa shape index (κ1) is 13.6. The van der Waals surface area contributed by atoms with Gasteiger partial charge in [0, 0.05) is 4.90 Å². The van der Waals surface area contributed by atoms with Crippen LogP contribution in [0, 0.1) is 5.92 Å². The SMILES string of the molecule is COc1cc(SS)ccc1OCCC(C)C. The van der Waals surface area contributed by atoms with E-state index in [4.69, 9.17) is 9.47 Å². The van der Waals surface area contributed by atoms with Crippen molar-refractivity contribution in [3.05, 3.63) is 18.2 Å². The van der Waals surface area contributed by atoms with Crippen LogP contribution >= 0.6 is 22.5 Å². The van der Waals surface area contributed by atoms with Gasteiger partial charge >= 0.3 is 0 Å². The van der Waals surface area contributed by atoms with Crippen LogP contribution in [-0.2, 0) is 0 Å². The summed E-state index contributed by atoms with van der Waals surface area (Å²) >= 11 is 4.15. The van der Waals surface area contributed by atoms with Gasteiger partial charge in [0.25, 0.3) is 0 Å². The lowest BCUT2D eigenvalue weighted by atomic mass is 10.1. The Morgan fingerprint density at radius 1 is 1.31 bits per heavy atom. The quantitative estimate of drug-likeness (QED) is 0.613. The van der Waals surface area contributed by atoms with E-state index < -0.39 is 0 Å². The predicted molar refractivity (Wildman–Crippen MR) is 72.8 cm³/mol. The molecule has 0 unspecified atom stereocenters. The van der Waals surface area contributed by atoms with E-state index in [1.54, 1.807) is 7.11 Å². The average molecular weight is 258 g/mol. The molecule has 0 aliphatic heterocycles. The highest BCUT2D eigenvalue weighted by Gasteiger charge is 2.05. The van der Waals surface area contributed by atoms with E-state index in [0.29, 0.717) is 5.92 Å². The monoisotopic (exact) mass is 258 g/mol. The number of benzene rings is 1. The molecule has 90 valence electrons. The lowest BCUT2D eigenvalue weighted by Crippen LogP contribution is -2.02. The summed E-state index contributed by atoms with van der Waals surface area (Å²) in [5.74, 6) is 2.22. The Morgan fingerprint density at radius 2 is 2.06 bits per heavy atom. The third-order valence-corrected chi connectivity index (χ3v) is 3.29. The van der Waals surface area contributed by atoms with Crippen molar-refractivity contribution in [1.82, 2.24) is 0 Å². The molecule has 0 aliphatic rings. The number of hydrogen-bond donors (Lipinski definition) is 1. The van der Waals surface area contributed by atoms with E-state index in [1.165, 1.54) is 10.8 Å². The van der Waals surface area contributed by atoms with E-state index in [1.807, 2.05) is 18.2 Å². The highest BCUT2D eigenvalue weighted by Crippen LogP contribution is 2.33. The average Bonchev–Trinajstić information content (AvgIpc) is 2.29. The molecular weight excluding hydrogens is 240 g/mol. The third-order valence-electron chi connectivity index (χ3n) is 2.19. The molecule has 16 heavy (non-hydrogen) atoms. The Morgan fingerprint density at radius 3 is 2.62 bits per heavy atom. The van der Waals surface area contributed by atoms with Gasteiger partial charge in [-0.25, -0.2) is 0 Å². The van der Waals surface area contributed by atoms with E-state index in [2.05, 4.69) is 25.5 Å². The molecule has 1 aromatic rings. The van der Waals surface area contributed by atoms with Crippen molar-refractivity contribution in [2.75, 3.05) is 13.7 Å². The van der Waals surface area contributed by atoms with Crippen molar-refractivity contribution in [2.24, 2.45) is 5.92 Å². The number of rotatable bonds is 6. The summed E-state index contributed by atoms with van der Waals surface area (Å²) in [4.78, 5) is 1.05. The molecule has 0 amide bonds. The topological polar surface area (TPSA) is 18.5 Å². The van der Waals surface area contributed by atoms with Gasteiger partial charge < -0.3 is 9.47 Å². The van der Waals surface area contributed by atoms with Crippen LogP contribution < -0.4 is 9.47 Å². The summed E-state index contributed by atoms with van der Waals surface area (Å²) in [6.07, 6.45) is 1.05. The molecular formula is C12H18O2S2. The van der Waals surface area contributed by atoms with Crippen LogP contribution in [0.1, 0.15) is 20.3 Å². The van der Waals surface area contributed by atoms with Gasteiger partial charge in [0.05, 0.1) is 13.7 Å². The molecule has 0 saturated heterocycles. The molecule has 0 spiro atoms. The molecule has 0 radical (unpaired) electrons. The van der Waals surface area contributed by atoms with Crippen molar-refractivity contribution in [1.29, 1.82) is 0 Å². The highest BCUT2D eigenvalue weighted by molar-refractivity contribution is 8.68. The second-order valence-electron chi connectivity index (χ2n) is 3.93. The maximum Gasteiger partial charge on any atom is 0.161 e. The first-order valence-electron chi connectivity index (χ1n) is 5.29. The molecule has 0 saturated carbocycles. The Balaban J connectivity index is 2.64. The molecule has 0 heterocycles. The normalized spacial score (nSPS) is 10.6. The van der Waals surface area contributed by atoms with Crippen molar-refractivity contribution in [2.45, 2.75) is 25.2 Å². The minimum Gasteiger partial charge on any atom is -0.493 e. The lowest BCUT2D eigenvalue weighted by Gasteiger charge is -2.12. The second-order valence-corrected chi connectivity index (χ2v) is 5.14. The summed E-state index contributed by atoms with van der Waals surface area (Å²) in [6, 6.07) is 5.84. The van der Waals surface area contributed by atoms with Crippen molar-refractivity contribution in [3.8, 4) is 11.5 Å². The zero-order valence-corrected chi connectivity index (χ0v) is 11.6. The van der Waals surface area contributed by atoms with E-state index >= 15 is 0 Å². The number of methoxy groups -OCH3 is 1. The Labute approximate surface area is 107 Å². The van der Waals surface area contributed by atoms with Gasteiger partial charge in [-0.1, -0.05) is 24.6 Å². The van der Waals surface area contributed by atoms with Gasteiger partial charge in [0.15, 0.2) is 11.5 Å². The predicted octanol–water partition coefficient (Wildman–Crippen LogP) is 4.06. The standard InChI is InChI=1S/C12H18O2S2/c1-9(2)6-7-14-11-5-4-10(16-15)8-12(11)13-3/h4-5,8-9,15H,6-7H2,1-3H3. The molecule has 1 rings (SSSR count). The summed E-state index contributed by atoms with van der Waals surface area (Å²) in [5.41, 5.74) is 0. The highest BCUT2D eigenvalue weighted by atomic mass is 33.1. The number of ether oxygens (including phenoxy) is 2. The third kappa shape index (κ3) is 4.18. The maximum absolute atomic E-state index is 5.68. The molecule has 0 aromatic heterocycles. The van der Waals surface area contributed by atoms with Gasteiger partial charge in [-0.2, -0.15) is 0 Å². The van der Waals surface area contributed by atoms with Crippen LogP contribution in [0.5, 0.6) is 11.5 Å². The van der Waals surface area contributed by atoms with E-state index in [-0.39, 0.29) is 0 Å². The van der Waals surface area contributed by atoms with Gasteiger partial charge in [0.2, 0.25) is 0 Å². The molecule has 0 aliphatic carbocycles. The molecule has 0 N–H and O–H groups in total. The van der Waals surface area contributed by atoms with Crippen LogP contribution in [0.4, 0.5) is 0 Å². The Bertz CT molecular complexity index is 327. The summed E-state index contributed by atoms with van der Waals surface area (Å²) in [6.45, 7) is 5.09. The first-order chi connectivity index (χ1) is 7.67. The maximum atomic E-state index is 5.68. The summed E-state index contributed by atoms with van der Waals surface area (Å²) < 4.78 is 11.0. The zero-order chi connectivity index (χ0) is 12.0. The van der Waals surface area contributed by atoms with Crippen LogP contribution in [0.15, 0.2) is 23.1 Å². The molecule has 2 nitrogen and oxygen atoms in total. The van der Waals surface area contributed by atoms with Gasteiger partial charge in [0.1, 0.15) is 0 Å². The number of thiol groups is 1. The Hall–Kier alpha value is -0.480. The van der Waals surface area contributed by atoms with Gasteiger partial charge in [-0.05, 0) is 30.5 Å². The smallest absolute Gasteiger partial charge is 0.161 e. The molecule has 1 aromatic carbocycles. The van der Waals surface area contributed by atoms with Crippen LogP contribution in [-0.4, -0.2) is 13.7 Å². The summed E-state index contributed by atoms with van der Waals surface area (Å²) in [7, 11) is 3.05. The van der Waals surface area contributed by atoms with Crippen LogP contribution in [0.3, 0.4) is 0 Å². The molecule has 4 heteroatoms. The van der Waals surface area contributed by atoms with Crippen molar-refractivity contribution < 1.29 is 9.47 Å². The fourth-order valence-electron chi connectivity index (χ4n) is 1.23. The summed E-state index contributed by atoms with van der Waals surface area (Å²) in [5, 5.41) is 0. The lowest BCUT2D eigenvalue weighted by molar-refractivity contribution is 0.272. The minimum atomic E-state index is 0.651. The first-order valence-corrected chi connectivity index (χ1v) is 7.16. The molecule has 0 bridgehead atoms. The largest absolute Gasteiger partial charge is 0.493 e. The van der Waals surface area contributed by atoms with Gasteiger partial charge in [-0.3, -0.25) is 0 Å². The van der Waals surface area contributed by atoms with Crippen LogP contribution in [0.2, 0.25) is 0 Å². The zero-order valence-electron chi connectivity index (χ0n) is 9.90.